The van der Waals surface area contributed by atoms with Gasteiger partial charge in [0.2, 0.25) is 0 Å². The summed E-state index contributed by atoms with van der Waals surface area (Å²) >= 11 is 0. The van der Waals surface area contributed by atoms with Gasteiger partial charge in [0.15, 0.2) is 0 Å². The molecule has 0 aliphatic rings. The minimum Gasteiger partial charge on any atom is -0.481 e. The molecule has 0 spiro atoms. The molecule has 0 saturated heterocycles. The first-order valence-electron chi connectivity index (χ1n) is 3.78. The Morgan fingerprint density at radius 3 is 1.58 bits per heavy atom. The molecule has 0 saturated carbocycles. The molecule has 0 unspecified atom stereocenters. The fourth-order valence-electron chi connectivity index (χ4n) is 0.313. The van der Waals surface area contributed by atoms with Crippen LogP contribution in [0, 0.1) is 0 Å². The fourth-order valence-corrected chi connectivity index (χ4v) is 0.313. The molecule has 0 aromatic carbocycles. The van der Waals surface area contributed by atoms with Crippen molar-refractivity contribution in [3.05, 3.63) is 30.6 Å². The Bertz CT molecular complexity index is 144. The van der Waals surface area contributed by atoms with E-state index in [0.717, 1.165) is 6.92 Å². The van der Waals surface area contributed by atoms with Crippen LogP contribution < -0.4 is 0 Å². The van der Waals surface area contributed by atoms with E-state index in [1.54, 1.807) is 12.4 Å². The molecule has 1 aromatic heterocycles. The maximum absolute atomic E-state index is 9.00. The van der Waals surface area contributed by atoms with Crippen molar-refractivity contribution in [3.63, 3.8) is 0 Å². The molecule has 1 aromatic rings. The number of carboxylic acids is 1. The van der Waals surface area contributed by atoms with Crippen molar-refractivity contribution in [1.82, 2.24) is 4.98 Å². The first-order chi connectivity index (χ1) is 5.73. The van der Waals surface area contributed by atoms with E-state index in [9.17, 15) is 0 Å². The first-order valence-corrected chi connectivity index (χ1v) is 3.78. The van der Waals surface area contributed by atoms with Gasteiger partial charge in [0.1, 0.15) is 0 Å². The molecule has 12 heavy (non-hydrogen) atoms. The molecule has 0 atom stereocenters. The van der Waals surface area contributed by atoms with Crippen molar-refractivity contribution >= 4 is 5.97 Å². The number of rotatable bonds is 0. The van der Waals surface area contributed by atoms with Crippen molar-refractivity contribution in [2.24, 2.45) is 0 Å². The van der Waals surface area contributed by atoms with Gasteiger partial charge in [-0.3, -0.25) is 9.78 Å². The third-order valence-electron chi connectivity index (χ3n) is 0.566. The van der Waals surface area contributed by atoms with E-state index >= 15 is 0 Å². The second kappa shape index (κ2) is 12.3. The summed E-state index contributed by atoms with van der Waals surface area (Å²) in [6.07, 6.45) is 3.50. The lowest BCUT2D eigenvalue weighted by atomic mass is 10.5. The molecule has 1 heterocycles. The Labute approximate surface area is 73.1 Å². The number of pyridine rings is 1. The average molecular weight is 169 g/mol. The average Bonchev–Trinajstić information content (AvgIpc) is 2.10. The van der Waals surface area contributed by atoms with Gasteiger partial charge in [-0.2, -0.15) is 0 Å². The summed E-state index contributed by atoms with van der Waals surface area (Å²) in [5.41, 5.74) is 0. The maximum Gasteiger partial charge on any atom is 0.300 e. The molecule has 3 nitrogen and oxygen atoms in total. The van der Waals surface area contributed by atoms with Crippen LogP contribution in [-0.4, -0.2) is 16.1 Å². The molecule has 0 amide bonds. The summed E-state index contributed by atoms with van der Waals surface area (Å²) < 4.78 is 0. The first kappa shape index (κ1) is 13.2. The van der Waals surface area contributed by atoms with Crippen molar-refractivity contribution in [2.45, 2.75) is 20.8 Å². The van der Waals surface area contributed by atoms with Crippen LogP contribution >= 0.6 is 0 Å². The zero-order valence-electron chi connectivity index (χ0n) is 7.69. The smallest absolute Gasteiger partial charge is 0.300 e. The Balaban J connectivity index is 0. The van der Waals surface area contributed by atoms with Crippen molar-refractivity contribution in [2.75, 3.05) is 0 Å². The zero-order valence-corrected chi connectivity index (χ0v) is 7.69. The molecule has 0 fully saturated rings. The van der Waals surface area contributed by atoms with E-state index in [4.69, 9.17) is 9.90 Å². The Morgan fingerprint density at radius 1 is 1.17 bits per heavy atom. The van der Waals surface area contributed by atoms with Gasteiger partial charge in [0, 0.05) is 19.3 Å². The lowest BCUT2D eigenvalue weighted by Crippen LogP contribution is -1.78. The molecule has 0 aliphatic heterocycles. The van der Waals surface area contributed by atoms with Crippen molar-refractivity contribution in [3.8, 4) is 0 Å². The van der Waals surface area contributed by atoms with Crippen LogP contribution in [0.15, 0.2) is 30.6 Å². The molecular formula is C9H15NO2. The van der Waals surface area contributed by atoms with Crippen LogP contribution in [0.2, 0.25) is 0 Å². The third-order valence-corrected chi connectivity index (χ3v) is 0.566. The van der Waals surface area contributed by atoms with Gasteiger partial charge < -0.3 is 5.11 Å². The number of nitrogens with zero attached hydrogens (tertiary/aromatic N) is 1. The fraction of sp³-hybridized carbons (Fsp3) is 0.333. The highest BCUT2D eigenvalue weighted by Gasteiger charge is 1.65. The number of hydrogen-bond acceptors (Lipinski definition) is 2. The summed E-state index contributed by atoms with van der Waals surface area (Å²) in [5.74, 6) is -0.833. The molecule has 0 radical (unpaired) electrons. The van der Waals surface area contributed by atoms with Crippen LogP contribution in [0.4, 0.5) is 0 Å². The number of aromatic nitrogens is 1. The summed E-state index contributed by atoms with van der Waals surface area (Å²) in [6, 6.07) is 5.72. The lowest BCUT2D eigenvalue weighted by molar-refractivity contribution is -0.134. The topological polar surface area (TPSA) is 50.2 Å². The van der Waals surface area contributed by atoms with E-state index in [-0.39, 0.29) is 0 Å². The van der Waals surface area contributed by atoms with Gasteiger partial charge in [-0.25, -0.2) is 0 Å². The monoisotopic (exact) mass is 169 g/mol. The molecule has 1 N–H and O–H groups in total. The SMILES string of the molecule is CC.CC(=O)O.c1ccncc1. The largest absolute Gasteiger partial charge is 0.481 e. The summed E-state index contributed by atoms with van der Waals surface area (Å²) in [5, 5.41) is 7.42. The van der Waals surface area contributed by atoms with Crippen LogP contribution in [0.5, 0.6) is 0 Å². The van der Waals surface area contributed by atoms with Crippen molar-refractivity contribution in [1.29, 1.82) is 0 Å². The van der Waals surface area contributed by atoms with Crippen molar-refractivity contribution < 1.29 is 9.90 Å². The van der Waals surface area contributed by atoms with Gasteiger partial charge in [-0.1, -0.05) is 19.9 Å². The van der Waals surface area contributed by atoms with Gasteiger partial charge in [-0.15, -0.1) is 0 Å². The summed E-state index contributed by atoms with van der Waals surface area (Å²) in [6.45, 7) is 5.08. The lowest BCUT2D eigenvalue weighted by Gasteiger charge is -1.70. The van der Waals surface area contributed by atoms with E-state index in [0.29, 0.717) is 0 Å². The van der Waals surface area contributed by atoms with Gasteiger partial charge in [-0.05, 0) is 12.1 Å². The summed E-state index contributed by atoms with van der Waals surface area (Å²) in [4.78, 5) is 12.8. The van der Waals surface area contributed by atoms with Crippen LogP contribution in [0.1, 0.15) is 20.8 Å². The minimum atomic E-state index is -0.833. The Hall–Kier alpha value is -1.38. The standard InChI is InChI=1S/C5H5N.C2H4O2.C2H6/c1-2-4-6-5-3-1;1-2(3)4;1-2/h1-5H;1H3,(H,3,4);1-2H3. The van der Waals surface area contributed by atoms with Gasteiger partial charge in [0.05, 0.1) is 0 Å². The second-order valence-electron chi connectivity index (χ2n) is 1.54. The van der Waals surface area contributed by atoms with Crippen LogP contribution in [-0.2, 0) is 4.79 Å². The zero-order chi connectivity index (χ0) is 9.82. The number of aliphatic carboxylic acids is 1. The molecule has 68 valence electrons. The number of carboxylic acid groups (broad SMARTS) is 1. The quantitative estimate of drug-likeness (QED) is 0.647. The highest BCUT2D eigenvalue weighted by atomic mass is 16.4. The molecule has 0 bridgehead atoms. The predicted octanol–water partition coefficient (Wildman–Crippen LogP) is 2.20. The Morgan fingerprint density at radius 2 is 1.50 bits per heavy atom. The molecule has 3 heteroatoms. The highest BCUT2D eigenvalue weighted by Crippen LogP contribution is 1.73. The minimum absolute atomic E-state index is 0.833. The van der Waals surface area contributed by atoms with Gasteiger partial charge >= 0.3 is 0 Å². The predicted molar refractivity (Wildman–Crippen MR) is 48.9 cm³/mol. The van der Waals surface area contributed by atoms with Crippen LogP contribution in [0.25, 0.3) is 0 Å². The van der Waals surface area contributed by atoms with E-state index in [2.05, 4.69) is 4.98 Å². The molecular weight excluding hydrogens is 154 g/mol. The third kappa shape index (κ3) is 23.4. The Kier molecular flexibility index (Phi) is 13.6. The van der Waals surface area contributed by atoms with Gasteiger partial charge in [0.25, 0.3) is 5.97 Å². The number of carbonyl (C=O) groups is 1. The normalized spacial score (nSPS) is 6.58. The second-order valence-corrected chi connectivity index (χ2v) is 1.54. The van der Waals surface area contributed by atoms with Crippen LogP contribution in [0.3, 0.4) is 0 Å². The van der Waals surface area contributed by atoms with E-state index in [1.165, 1.54) is 0 Å². The van der Waals surface area contributed by atoms with E-state index < -0.39 is 5.97 Å². The maximum atomic E-state index is 9.00. The molecule has 1 rings (SSSR count). The number of hydrogen-bond donors (Lipinski definition) is 1. The van der Waals surface area contributed by atoms with E-state index in [1.807, 2.05) is 32.0 Å². The molecule has 0 aliphatic carbocycles. The highest BCUT2D eigenvalue weighted by molar-refractivity contribution is 5.62. The summed E-state index contributed by atoms with van der Waals surface area (Å²) in [7, 11) is 0.